The van der Waals surface area contributed by atoms with Crippen LogP contribution in [0.2, 0.25) is 10.0 Å². The Bertz CT molecular complexity index is 732. The number of para-hydroxylation sites is 1. The fourth-order valence-corrected chi connectivity index (χ4v) is 2.79. The van der Waals surface area contributed by atoms with E-state index in [4.69, 9.17) is 23.2 Å². The number of aromatic amines is 1. The Morgan fingerprint density at radius 2 is 1.71 bits per heavy atom. The number of hydrogen-bond donors (Lipinski definition) is 2. The molecule has 0 unspecified atom stereocenters. The second kappa shape index (κ2) is 6.52. The molecule has 0 radical (unpaired) electrons. The molecule has 2 aromatic carbocycles. The Balaban J connectivity index is 1.57. The fourth-order valence-electron chi connectivity index (χ4n) is 2.38. The van der Waals surface area contributed by atoms with E-state index in [1.54, 1.807) is 0 Å². The number of halogens is 2. The lowest BCUT2D eigenvalue weighted by Gasteiger charge is -2.04. The van der Waals surface area contributed by atoms with Gasteiger partial charge in [0, 0.05) is 28.2 Å². The van der Waals surface area contributed by atoms with Crippen LogP contribution in [-0.4, -0.2) is 11.5 Å². The monoisotopic (exact) mass is 318 g/mol. The molecule has 0 atom stereocenters. The lowest BCUT2D eigenvalue weighted by atomic mass is 10.1. The quantitative estimate of drug-likeness (QED) is 0.649. The summed E-state index contributed by atoms with van der Waals surface area (Å²) in [6.07, 6.45) is 0.967. The van der Waals surface area contributed by atoms with Crippen LogP contribution < -0.4 is 5.32 Å². The lowest BCUT2D eigenvalue weighted by Crippen LogP contribution is -2.17. The number of rotatable bonds is 5. The highest BCUT2D eigenvalue weighted by Crippen LogP contribution is 2.26. The first kappa shape index (κ1) is 14.5. The summed E-state index contributed by atoms with van der Waals surface area (Å²) in [5, 5.41) is 6.08. The maximum atomic E-state index is 6.38. The number of aromatic nitrogens is 1. The molecule has 0 saturated carbocycles. The molecule has 1 heterocycles. The van der Waals surface area contributed by atoms with Crippen LogP contribution in [0.4, 0.5) is 0 Å². The molecule has 3 aromatic rings. The van der Waals surface area contributed by atoms with Gasteiger partial charge in [0.2, 0.25) is 0 Å². The van der Waals surface area contributed by atoms with Crippen molar-refractivity contribution in [3.63, 3.8) is 0 Å². The summed E-state index contributed by atoms with van der Waals surface area (Å²) in [6, 6.07) is 16.0. The first-order chi connectivity index (χ1) is 10.2. The molecule has 0 fully saturated rings. The third-order valence-electron chi connectivity index (χ3n) is 3.52. The van der Waals surface area contributed by atoms with Crippen molar-refractivity contribution in [1.82, 2.24) is 10.3 Å². The number of H-pyrrole nitrogens is 1. The summed E-state index contributed by atoms with van der Waals surface area (Å²) in [5.41, 5.74) is 3.39. The van der Waals surface area contributed by atoms with E-state index >= 15 is 0 Å². The van der Waals surface area contributed by atoms with E-state index in [1.807, 2.05) is 36.4 Å². The molecule has 108 valence electrons. The zero-order valence-corrected chi connectivity index (χ0v) is 13.0. The van der Waals surface area contributed by atoms with Crippen LogP contribution in [0.15, 0.2) is 48.5 Å². The highest BCUT2D eigenvalue weighted by molar-refractivity contribution is 6.36. The van der Waals surface area contributed by atoms with E-state index in [0.717, 1.165) is 46.2 Å². The van der Waals surface area contributed by atoms with E-state index < -0.39 is 0 Å². The summed E-state index contributed by atoms with van der Waals surface area (Å²) in [7, 11) is 0. The fraction of sp³-hybridized carbons (Fsp3) is 0.176. The van der Waals surface area contributed by atoms with E-state index in [-0.39, 0.29) is 0 Å². The van der Waals surface area contributed by atoms with Gasteiger partial charge >= 0.3 is 0 Å². The smallest absolute Gasteiger partial charge is 0.0705 e. The average Bonchev–Trinajstić information content (AvgIpc) is 2.82. The van der Waals surface area contributed by atoms with Crippen LogP contribution in [0, 0.1) is 0 Å². The van der Waals surface area contributed by atoms with Crippen LogP contribution in [0.3, 0.4) is 0 Å². The maximum absolute atomic E-state index is 6.38. The maximum Gasteiger partial charge on any atom is 0.0705 e. The number of nitrogens with one attached hydrogen (secondary N) is 2. The van der Waals surface area contributed by atoms with Crippen molar-refractivity contribution in [2.75, 3.05) is 6.54 Å². The molecule has 2 N–H and O–H groups in total. The van der Waals surface area contributed by atoms with Gasteiger partial charge in [-0.3, -0.25) is 0 Å². The van der Waals surface area contributed by atoms with E-state index in [2.05, 4.69) is 22.4 Å². The second-order valence-electron chi connectivity index (χ2n) is 5.02. The Labute approximate surface area is 134 Å². The van der Waals surface area contributed by atoms with E-state index in [9.17, 15) is 0 Å². The lowest BCUT2D eigenvalue weighted by molar-refractivity contribution is 0.678. The molecule has 4 heteroatoms. The van der Waals surface area contributed by atoms with Gasteiger partial charge in [0.1, 0.15) is 0 Å². The SMILES string of the molecule is Clc1ccc(CCNCc2[nH]c3ccccc3c2Cl)cc1. The first-order valence-electron chi connectivity index (χ1n) is 6.94. The molecule has 21 heavy (non-hydrogen) atoms. The second-order valence-corrected chi connectivity index (χ2v) is 5.83. The van der Waals surface area contributed by atoms with Gasteiger partial charge in [0.15, 0.2) is 0 Å². The van der Waals surface area contributed by atoms with Crippen LogP contribution >= 0.6 is 23.2 Å². The number of fused-ring (bicyclic) bond motifs is 1. The Morgan fingerprint density at radius 3 is 2.48 bits per heavy atom. The summed E-state index contributed by atoms with van der Waals surface area (Å²) in [4.78, 5) is 3.36. The molecule has 1 aromatic heterocycles. The van der Waals surface area contributed by atoms with Crippen LogP contribution in [0.1, 0.15) is 11.3 Å². The van der Waals surface area contributed by atoms with Gasteiger partial charge in [0.25, 0.3) is 0 Å². The molecule has 0 aliphatic heterocycles. The molecule has 0 aliphatic rings. The average molecular weight is 319 g/mol. The number of benzene rings is 2. The van der Waals surface area contributed by atoms with Crippen molar-refractivity contribution in [3.8, 4) is 0 Å². The number of hydrogen-bond acceptors (Lipinski definition) is 1. The van der Waals surface area contributed by atoms with Crippen LogP contribution in [0.25, 0.3) is 10.9 Å². The Hall–Kier alpha value is -1.48. The summed E-state index contributed by atoms with van der Waals surface area (Å²) >= 11 is 12.3. The van der Waals surface area contributed by atoms with Crippen molar-refractivity contribution in [1.29, 1.82) is 0 Å². The standard InChI is InChI=1S/C17H16Cl2N2/c18-13-7-5-12(6-8-13)9-10-20-11-16-17(19)14-3-1-2-4-15(14)21-16/h1-8,20-21H,9-11H2. The zero-order valence-electron chi connectivity index (χ0n) is 11.5. The Kier molecular flexibility index (Phi) is 4.49. The minimum atomic E-state index is 0.737. The van der Waals surface area contributed by atoms with E-state index in [0.29, 0.717) is 0 Å². The van der Waals surface area contributed by atoms with Gasteiger partial charge in [-0.1, -0.05) is 53.5 Å². The van der Waals surface area contributed by atoms with Crippen LogP contribution in [0.5, 0.6) is 0 Å². The molecule has 0 saturated heterocycles. The molecule has 0 spiro atoms. The van der Waals surface area contributed by atoms with Gasteiger partial charge in [-0.2, -0.15) is 0 Å². The zero-order chi connectivity index (χ0) is 14.7. The van der Waals surface area contributed by atoms with Gasteiger partial charge in [-0.15, -0.1) is 0 Å². The predicted octanol–water partition coefficient (Wildman–Crippen LogP) is 4.81. The first-order valence-corrected chi connectivity index (χ1v) is 7.70. The van der Waals surface area contributed by atoms with E-state index in [1.165, 1.54) is 5.56 Å². The molecule has 2 nitrogen and oxygen atoms in total. The van der Waals surface area contributed by atoms with Crippen molar-refractivity contribution in [3.05, 3.63) is 69.8 Å². The topological polar surface area (TPSA) is 27.8 Å². The van der Waals surface area contributed by atoms with Gasteiger partial charge in [-0.25, -0.2) is 0 Å². The molecule has 0 bridgehead atoms. The third-order valence-corrected chi connectivity index (χ3v) is 4.20. The molecule has 3 rings (SSSR count). The summed E-state index contributed by atoms with van der Waals surface area (Å²) in [5.74, 6) is 0. The molecular weight excluding hydrogens is 303 g/mol. The minimum absolute atomic E-state index is 0.737. The summed E-state index contributed by atoms with van der Waals surface area (Å²) < 4.78 is 0. The molecular formula is C17H16Cl2N2. The Morgan fingerprint density at radius 1 is 0.952 bits per heavy atom. The van der Waals surface area contributed by atoms with Crippen LogP contribution in [-0.2, 0) is 13.0 Å². The highest BCUT2D eigenvalue weighted by Gasteiger charge is 2.07. The normalized spacial score (nSPS) is 11.1. The molecule has 0 amide bonds. The summed E-state index contributed by atoms with van der Waals surface area (Å²) in [6.45, 7) is 1.63. The predicted molar refractivity (Wildman–Crippen MR) is 90.2 cm³/mol. The van der Waals surface area contributed by atoms with Gasteiger partial charge in [0.05, 0.1) is 5.02 Å². The van der Waals surface area contributed by atoms with Crippen molar-refractivity contribution >= 4 is 34.1 Å². The highest BCUT2D eigenvalue weighted by atomic mass is 35.5. The largest absolute Gasteiger partial charge is 0.356 e. The van der Waals surface area contributed by atoms with Gasteiger partial charge < -0.3 is 10.3 Å². The van der Waals surface area contributed by atoms with Gasteiger partial charge in [-0.05, 0) is 36.7 Å². The molecule has 0 aliphatic carbocycles. The van der Waals surface area contributed by atoms with Crippen molar-refractivity contribution in [2.24, 2.45) is 0 Å². The third kappa shape index (κ3) is 3.41. The van der Waals surface area contributed by atoms with Crippen molar-refractivity contribution in [2.45, 2.75) is 13.0 Å². The van der Waals surface area contributed by atoms with Crippen molar-refractivity contribution < 1.29 is 0 Å². The minimum Gasteiger partial charge on any atom is -0.356 e.